The van der Waals surface area contributed by atoms with Crippen molar-refractivity contribution >= 4 is 12.0 Å². The van der Waals surface area contributed by atoms with Crippen LogP contribution >= 0.6 is 0 Å². The number of aromatic nitrogens is 2. The number of nitrogens with zero attached hydrogens (tertiary/aromatic N) is 3. The van der Waals surface area contributed by atoms with Crippen LogP contribution in [-0.4, -0.2) is 27.7 Å². The van der Waals surface area contributed by atoms with Crippen LogP contribution in [0.1, 0.15) is 32.6 Å². The molecule has 1 aliphatic heterocycles. The van der Waals surface area contributed by atoms with Gasteiger partial charge in [0.05, 0.1) is 18.2 Å². The zero-order chi connectivity index (χ0) is 11.9. The van der Waals surface area contributed by atoms with E-state index in [1.165, 1.54) is 0 Å². The lowest BCUT2D eigenvalue weighted by Gasteiger charge is -2.23. The van der Waals surface area contributed by atoms with Gasteiger partial charge in [0.1, 0.15) is 6.17 Å². The molecule has 0 saturated carbocycles. The number of aliphatic hydroxyl groups is 1. The van der Waals surface area contributed by atoms with E-state index in [-0.39, 0.29) is 24.1 Å². The van der Waals surface area contributed by atoms with Gasteiger partial charge >= 0.3 is 0 Å². The first-order valence-electron chi connectivity index (χ1n) is 5.44. The SMILES string of the molecule is CC(C)(C)c1cc2n(n1)C(N)C(CO)C=N2. The highest BCUT2D eigenvalue weighted by molar-refractivity contribution is 5.67. The molecule has 2 unspecified atom stereocenters. The molecule has 1 aromatic heterocycles. The summed E-state index contributed by atoms with van der Waals surface area (Å²) in [5, 5.41) is 13.6. The van der Waals surface area contributed by atoms with Crippen molar-refractivity contribution in [1.82, 2.24) is 9.78 Å². The minimum absolute atomic E-state index is 0.00514. The lowest BCUT2D eigenvalue weighted by atomic mass is 9.92. The highest BCUT2D eigenvalue weighted by atomic mass is 16.3. The Labute approximate surface area is 95.0 Å². The summed E-state index contributed by atoms with van der Waals surface area (Å²) in [6, 6.07) is 1.95. The summed E-state index contributed by atoms with van der Waals surface area (Å²) in [7, 11) is 0. The number of fused-ring (bicyclic) bond motifs is 1. The van der Waals surface area contributed by atoms with Gasteiger partial charge in [-0.2, -0.15) is 5.10 Å². The molecule has 1 aliphatic rings. The number of hydrogen-bond acceptors (Lipinski definition) is 4. The van der Waals surface area contributed by atoms with Gasteiger partial charge in [0.15, 0.2) is 5.82 Å². The van der Waals surface area contributed by atoms with Crippen LogP contribution in [0.2, 0.25) is 0 Å². The van der Waals surface area contributed by atoms with Crippen molar-refractivity contribution in [1.29, 1.82) is 0 Å². The van der Waals surface area contributed by atoms with E-state index in [2.05, 4.69) is 30.9 Å². The predicted octanol–water partition coefficient (Wildman–Crippen LogP) is 0.962. The maximum atomic E-state index is 9.14. The van der Waals surface area contributed by atoms with Crippen LogP contribution in [0.25, 0.3) is 0 Å². The third-order valence-corrected chi connectivity index (χ3v) is 2.81. The Kier molecular flexibility index (Phi) is 2.59. The van der Waals surface area contributed by atoms with E-state index in [0.29, 0.717) is 0 Å². The highest BCUT2D eigenvalue weighted by Crippen LogP contribution is 2.30. The molecule has 0 spiro atoms. The van der Waals surface area contributed by atoms with E-state index in [4.69, 9.17) is 10.8 Å². The molecule has 0 aromatic carbocycles. The molecule has 0 fully saturated rings. The molecule has 0 bridgehead atoms. The summed E-state index contributed by atoms with van der Waals surface area (Å²) in [4.78, 5) is 4.27. The lowest BCUT2D eigenvalue weighted by Crippen LogP contribution is -2.33. The molecule has 1 aromatic rings. The van der Waals surface area contributed by atoms with Gasteiger partial charge in [0.25, 0.3) is 0 Å². The van der Waals surface area contributed by atoms with E-state index in [0.717, 1.165) is 11.5 Å². The van der Waals surface area contributed by atoms with Gasteiger partial charge in [0, 0.05) is 17.7 Å². The maximum Gasteiger partial charge on any atom is 0.151 e. The molecule has 0 aliphatic carbocycles. The third kappa shape index (κ3) is 1.76. The van der Waals surface area contributed by atoms with Crippen LogP contribution in [0, 0.1) is 5.92 Å². The Morgan fingerprint density at radius 1 is 1.50 bits per heavy atom. The maximum absolute atomic E-state index is 9.14. The molecular weight excluding hydrogens is 204 g/mol. The molecule has 3 N–H and O–H groups in total. The number of nitrogens with two attached hydrogens (primary N) is 1. The number of rotatable bonds is 1. The van der Waals surface area contributed by atoms with E-state index in [9.17, 15) is 0 Å². The van der Waals surface area contributed by atoms with Crippen molar-refractivity contribution in [3.63, 3.8) is 0 Å². The van der Waals surface area contributed by atoms with Gasteiger partial charge in [-0.15, -0.1) is 0 Å². The average molecular weight is 222 g/mol. The summed E-state index contributed by atoms with van der Waals surface area (Å²) in [5.74, 6) is 0.613. The van der Waals surface area contributed by atoms with Crippen molar-refractivity contribution in [2.24, 2.45) is 16.6 Å². The van der Waals surface area contributed by atoms with Crippen LogP contribution in [0.15, 0.2) is 11.1 Å². The fourth-order valence-corrected chi connectivity index (χ4v) is 1.66. The molecule has 2 rings (SSSR count). The van der Waals surface area contributed by atoms with E-state index in [1.807, 2.05) is 6.07 Å². The van der Waals surface area contributed by atoms with Gasteiger partial charge in [-0.25, -0.2) is 9.67 Å². The van der Waals surface area contributed by atoms with Gasteiger partial charge in [-0.3, -0.25) is 0 Å². The lowest BCUT2D eigenvalue weighted by molar-refractivity contribution is 0.216. The van der Waals surface area contributed by atoms with Crippen molar-refractivity contribution in [2.75, 3.05) is 6.61 Å². The zero-order valence-electron chi connectivity index (χ0n) is 9.88. The smallest absolute Gasteiger partial charge is 0.151 e. The van der Waals surface area contributed by atoms with Crippen molar-refractivity contribution in [2.45, 2.75) is 32.4 Å². The normalized spacial score (nSPS) is 24.6. The van der Waals surface area contributed by atoms with Crippen LogP contribution < -0.4 is 5.73 Å². The Bertz CT molecular complexity index is 416. The van der Waals surface area contributed by atoms with Crippen LogP contribution in [0.5, 0.6) is 0 Å². The quantitative estimate of drug-likeness (QED) is 0.743. The van der Waals surface area contributed by atoms with Gasteiger partial charge in [0.2, 0.25) is 0 Å². The monoisotopic (exact) mass is 222 g/mol. The van der Waals surface area contributed by atoms with Crippen molar-refractivity contribution in [3.05, 3.63) is 11.8 Å². The van der Waals surface area contributed by atoms with E-state index < -0.39 is 0 Å². The molecule has 2 atom stereocenters. The number of aliphatic hydroxyl groups excluding tert-OH is 1. The second-order valence-corrected chi connectivity index (χ2v) is 5.20. The van der Waals surface area contributed by atoms with Crippen LogP contribution in [0.4, 0.5) is 5.82 Å². The largest absolute Gasteiger partial charge is 0.396 e. The summed E-state index contributed by atoms with van der Waals surface area (Å²) in [5.41, 5.74) is 6.95. The van der Waals surface area contributed by atoms with Gasteiger partial charge in [-0.1, -0.05) is 20.8 Å². The second-order valence-electron chi connectivity index (χ2n) is 5.20. The van der Waals surface area contributed by atoms with Gasteiger partial charge < -0.3 is 10.8 Å². The molecule has 5 heteroatoms. The summed E-state index contributed by atoms with van der Waals surface area (Å²) < 4.78 is 1.70. The highest BCUT2D eigenvalue weighted by Gasteiger charge is 2.27. The Morgan fingerprint density at radius 2 is 2.19 bits per heavy atom. The second kappa shape index (κ2) is 3.68. The molecule has 5 nitrogen and oxygen atoms in total. The first kappa shape index (κ1) is 11.3. The molecule has 88 valence electrons. The summed E-state index contributed by atoms with van der Waals surface area (Å²) in [6.07, 6.45) is 1.38. The average Bonchev–Trinajstić information content (AvgIpc) is 2.62. The Hall–Kier alpha value is -1.20. The summed E-state index contributed by atoms with van der Waals surface area (Å²) in [6.45, 7) is 6.29. The van der Waals surface area contributed by atoms with E-state index in [1.54, 1.807) is 10.9 Å². The predicted molar refractivity (Wildman–Crippen MR) is 62.9 cm³/mol. The minimum atomic E-state index is -0.325. The molecular formula is C11H18N4O. The van der Waals surface area contributed by atoms with Crippen molar-refractivity contribution < 1.29 is 5.11 Å². The molecule has 16 heavy (non-hydrogen) atoms. The fraction of sp³-hybridized carbons (Fsp3) is 0.636. The van der Waals surface area contributed by atoms with Crippen LogP contribution in [0.3, 0.4) is 0 Å². The first-order chi connectivity index (χ1) is 7.43. The third-order valence-electron chi connectivity index (χ3n) is 2.81. The summed E-state index contributed by atoms with van der Waals surface area (Å²) >= 11 is 0. The van der Waals surface area contributed by atoms with Crippen LogP contribution in [-0.2, 0) is 5.41 Å². The Balaban J connectivity index is 2.40. The van der Waals surface area contributed by atoms with Crippen molar-refractivity contribution in [3.8, 4) is 0 Å². The first-order valence-corrected chi connectivity index (χ1v) is 5.44. The van der Waals surface area contributed by atoms with E-state index >= 15 is 0 Å². The number of aliphatic imine (C=N–C) groups is 1. The van der Waals surface area contributed by atoms with Gasteiger partial charge in [-0.05, 0) is 0 Å². The number of hydrogen-bond donors (Lipinski definition) is 2. The molecule has 0 radical (unpaired) electrons. The molecule has 0 amide bonds. The zero-order valence-corrected chi connectivity index (χ0v) is 9.88. The standard InChI is InChI=1S/C11H18N4O/c1-11(2,3)8-4-9-13-5-7(6-16)10(12)15(9)14-8/h4-5,7,10,16H,6,12H2,1-3H3. The minimum Gasteiger partial charge on any atom is -0.396 e. The topological polar surface area (TPSA) is 76.4 Å². The fourth-order valence-electron chi connectivity index (χ4n) is 1.66. The Morgan fingerprint density at radius 3 is 2.75 bits per heavy atom. The molecule has 2 heterocycles. The molecule has 0 saturated heterocycles.